The van der Waals surface area contributed by atoms with E-state index < -0.39 is 17.5 Å². The van der Waals surface area contributed by atoms with Crippen LogP contribution in [0.5, 0.6) is 0 Å². The maximum atomic E-state index is 13.4. The Labute approximate surface area is 131 Å². The Balaban J connectivity index is 1.85. The number of amides is 1. The molecule has 5 nitrogen and oxygen atoms in total. The molecule has 0 fully saturated rings. The third kappa shape index (κ3) is 4.99. The molecule has 0 bridgehead atoms. The van der Waals surface area contributed by atoms with Crippen LogP contribution in [0.3, 0.4) is 0 Å². The van der Waals surface area contributed by atoms with Crippen LogP contribution in [0.1, 0.15) is 5.56 Å². The molecule has 0 unspecified atom stereocenters. The predicted octanol–water partition coefficient (Wildman–Crippen LogP) is 2.62. The molecule has 2 aromatic rings. The zero-order valence-corrected chi connectivity index (χ0v) is 12.0. The van der Waals surface area contributed by atoms with Crippen LogP contribution in [-0.4, -0.2) is 16.7 Å². The van der Waals surface area contributed by atoms with Gasteiger partial charge in [-0.2, -0.15) is 0 Å². The van der Waals surface area contributed by atoms with Crippen molar-refractivity contribution < 1.29 is 13.6 Å². The lowest BCUT2D eigenvalue weighted by Gasteiger charge is -2.05. The number of hydrogen-bond acceptors (Lipinski definition) is 4. The van der Waals surface area contributed by atoms with Crippen LogP contribution >= 0.6 is 0 Å². The molecule has 118 valence electrons. The summed E-state index contributed by atoms with van der Waals surface area (Å²) in [4.78, 5) is 15.5. The molecule has 0 aliphatic carbocycles. The molecule has 7 heteroatoms. The number of rotatable bonds is 5. The van der Waals surface area contributed by atoms with E-state index in [2.05, 4.69) is 15.6 Å². The van der Waals surface area contributed by atoms with Gasteiger partial charge in [-0.25, -0.2) is 13.8 Å². The fraction of sp³-hybridized carbons (Fsp3) is 0.0625. The van der Waals surface area contributed by atoms with E-state index in [1.54, 1.807) is 6.07 Å². The van der Waals surface area contributed by atoms with Crippen LogP contribution in [-0.2, 0) is 11.2 Å². The monoisotopic (exact) mass is 316 g/mol. The Bertz CT molecular complexity index is 746. The molecule has 1 amide bonds. The lowest BCUT2D eigenvalue weighted by Crippen LogP contribution is -2.30. The second kappa shape index (κ2) is 7.79. The second-order valence-electron chi connectivity index (χ2n) is 4.54. The minimum Gasteiger partial charge on any atom is -0.344 e. The van der Waals surface area contributed by atoms with Crippen molar-refractivity contribution in [2.75, 3.05) is 5.32 Å². The van der Waals surface area contributed by atoms with Crippen molar-refractivity contribution >= 4 is 17.6 Å². The fourth-order valence-electron chi connectivity index (χ4n) is 1.75. The van der Waals surface area contributed by atoms with E-state index in [1.165, 1.54) is 48.8 Å². The van der Waals surface area contributed by atoms with Gasteiger partial charge in [0.25, 0.3) is 0 Å². The molecular weight excluding hydrogens is 302 g/mol. The highest BCUT2D eigenvalue weighted by Gasteiger charge is 2.08. The quantitative estimate of drug-likeness (QED) is 0.586. The largest absolute Gasteiger partial charge is 0.344 e. The summed E-state index contributed by atoms with van der Waals surface area (Å²) in [6.45, 7) is 0. The van der Waals surface area contributed by atoms with Gasteiger partial charge in [0.1, 0.15) is 11.7 Å². The number of carbonyl (C=O) groups is 1. The Morgan fingerprint density at radius 1 is 1.17 bits per heavy atom. The van der Waals surface area contributed by atoms with E-state index in [4.69, 9.17) is 5.41 Å². The minimum atomic E-state index is -0.535. The predicted molar refractivity (Wildman–Crippen MR) is 82.9 cm³/mol. The standard InChI is InChI=1S/C16H14F2N4O/c17-12-5-2-1-4-11(12)10-15(23)22-14(19)7-9-21-16-13(18)6-3-8-20-16/h1-9H,10H2,(H,20,21)(H2,19,22,23)/b9-7-. The second-order valence-corrected chi connectivity index (χ2v) is 4.54. The number of nitrogens with one attached hydrogen (secondary N) is 3. The highest BCUT2D eigenvalue weighted by molar-refractivity contribution is 6.03. The molecule has 0 saturated heterocycles. The van der Waals surface area contributed by atoms with E-state index in [1.807, 2.05) is 0 Å². The summed E-state index contributed by atoms with van der Waals surface area (Å²) < 4.78 is 26.7. The summed E-state index contributed by atoms with van der Waals surface area (Å²) in [5, 5.41) is 12.4. The summed E-state index contributed by atoms with van der Waals surface area (Å²) in [7, 11) is 0. The van der Waals surface area contributed by atoms with Gasteiger partial charge >= 0.3 is 0 Å². The molecule has 0 spiro atoms. The average molecular weight is 316 g/mol. The third-order valence-corrected chi connectivity index (χ3v) is 2.81. The van der Waals surface area contributed by atoms with Gasteiger partial charge in [-0.05, 0) is 29.8 Å². The number of pyridine rings is 1. The van der Waals surface area contributed by atoms with E-state index in [0.29, 0.717) is 0 Å². The maximum absolute atomic E-state index is 13.4. The van der Waals surface area contributed by atoms with E-state index in [9.17, 15) is 13.6 Å². The van der Waals surface area contributed by atoms with Gasteiger partial charge in [-0.3, -0.25) is 10.2 Å². The van der Waals surface area contributed by atoms with Crippen molar-refractivity contribution in [2.45, 2.75) is 6.42 Å². The normalized spacial score (nSPS) is 10.5. The van der Waals surface area contributed by atoms with Crippen molar-refractivity contribution in [3.8, 4) is 0 Å². The highest BCUT2D eigenvalue weighted by Crippen LogP contribution is 2.08. The molecule has 23 heavy (non-hydrogen) atoms. The first kappa shape index (κ1) is 16.3. The maximum Gasteiger partial charge on any atom is 0.230 e. The summed E-state index contributed by atoms with van der Waals surface area (Å²) in [5.41, 5.74) is 0.246. The van der Waals surface area contributed by atoms with Crippen molar-refractivity contribution in [3.05, 3.63) is 72.1 Å². The number of hydrogen-bond donors (Lipinski definition) is 3. The molecule has 0 aliphatic heterocycles. The first-order chi connectivity index (χ1) is 11.1. The first-order valence-corrected chi connectivity index (χ1v) is 6.71. The highest BCUT2D eigenvalue weighted by atomic mass is 19.1. The van der Waals surface area contributed by atoms with Crippen LogP contribution in [0.2, 0.25) is 0 Å². The molecule has 0 aliphatic rings. The molecule has 0 saturated carbocycles. The summed E-state index contributed by atoms with van der Waals surface area (Å²) >= 11 is 0. The van der Waals surface area contributed by atoms with E-state index >= 15 is 0 Å². The van der Waals surface area contributed by atoms with Crippen LogP contribution < -0.4 is 10.6 Å². The Hall–Kier alpha value is -3.09. The smallest absolute Gasteiger partial charge is 0.230 e. The van der Waals surface area contributed by atoms with Crippen LogP contribution in [0.25, 0.3) is 0 Å². The van der Waals surface area contributed by atoms with Gasteiger partial charge in [0.15, 0.2) is 11.6 Å². The minimum absolute atomic E-state index is 0.00855. The number of aromatic nitrogens is 1. The number of halogens is 2. The number of carbonyl (C=O) groups excluding carboxylic acids is 1. The van der Waals surface area contributed by atoms with Gasteiger partial charge in [0.2, 0.25) is 5.91 Å². The van der Waals surface area contributed by atoms with E-state index in [0.717, 1.165) is 0 Å². The fourth-order valence-corrected chi connectivity index (χ4v) is 1.75. The lowest BCUT2D eigenvalue weighted by atomic mass is 10.1. The van der Waals surface area contributed by atoms with Gasteiger partial charge in [-0.1, -0.05) is 18.2 Å². The zero-order chi connectivity index (χ0) is 16.7. The first-order valence-electron chi connectivity index (χ1n) is 6.71. The molecule has 2 rings (SSSR count). The van der Waals surface area contributed by atoms with Gasteiger partial charge in [-0.15, -0.1) is 0 Å². The average Bonchev–Trinajstić information content (AvgIpc) is 2.51. The summed E-state index contributed by atoms with van der Waals surface area (Å²) in [6.07, 6.45) is 3.75. The van der Waals surface area contributed by atoms with Crippen LogP contribution in [0.15, 0.2) is 54.9 Å². The zero-order valence-electron chi connectivity index (χ0n) is 12.0. The number of anilines is 1. The summed E-state index contributed by atoms with van der Waals surface area (Å²) in [5.74, 6) is -1.73. The van der Waals surface area contributed by atoms with E-state index in [-0.39, 0.29) is 23.6 Å². The topological polar surface area (TPSA) is 77.9 Å². The van der Waals surface area contributed by atoms with Gasteiger partial charge in [0, 0.05) is 12.4 Å². The Morgan fingerprint density at radius 3 is 2.65 bits per heavy atom. The molecule has 1 aromatic heterocycles. The Morgan fingerprint density at radius 2 is 1.91 bits per heavy atom. The number of amidine groups is 1. The summed E-state index contributed by atoms with van der Waals surface area (Å²) in [6, 6.07) is 8.62. The molecule has 0 radical (unpaired) electrons. The van der Waals surface area contributed by atoms with Crippen molar-refractivity contribution in [2.24, 2.45) is 0 Å². The number of benzene rings is 1. The van der Waals surface area contributed by atoms with Gasteiger partial charge in [0.05, 0.1) is 6.42 Å². The van der Waals surface area contributed by atoms with Crippen LogP contribution in [0, 0.1) is 17.0 Å². The molecule has 1 aromatic carbocycles. The SMILES string of the molecule is N=C(/C=C\Nc1ncccc1F)NC(=O)Cc1ccccc1F. The van der Waals surface area contributed by atoms with Crippen molar-refractivity contribution in [3.63, 3.8) is 0 Å². The van der Waals surface area contributed by atoms with Crippen molar-refractivity contribution in [1.29, 1.82) is 5.41 Å². The molecular formula is C16H14F2N4O. The van der Waals surface area contributed by atoms with Crippen molar-refractivity contribution in [1.82, 2.24) is 10.3 Å². The third-order valence-electron chi connectivity index (χ3n) is 2.81. The van der Waals surface area contributed by atoms with Crippen LogP contribution in [0.4, 0.5) is 14.6 Å². The molecule has 3 N–H and O–H groups in total. The Kier molecular flexibility index (Phi) is 5.51. The lowest BCUT2D eigenvalue weighted by molar-refractivity contribution is -0.119. The molecule has 0 atom stereocenters. The van der Waals surface area contributed by atoms with Gasteiger partial charge < -0.3 is 10.6 Å². The molecule has 1 heterocycles. The number of nitrogens with zero attached hydrogens (tertiary/aromatic N) is 1.